The predicted octanol–water partition coefficient (Wildman–Crippen LogP) is -0.670. The molecule has 0 spiro atoms. The van der Waals surface area contributed by atoms with Gasteiger partial charge in [0.15, 0.2) is 0 Å². The molecule has 1 aliphatic heterocycles. The van der Waals surface area contributed by atoms with E-state index in [-0.39, 0.29) is 4.90 Å². The molecule has 1 fully saturated rings. The van der Waals surface area contributed by atoms with Crippen LogP contribution in [-0.2, 0) is 9.59 Å². The summed E-state index contributed by atoms with van der Waals surface area (Å²) in [4.78, 5) is 31.8. The van der Waals surface area contributed by atoms with Crippen molar-refractivity contribution in [2.24, 2.45) is 0 Å². The average molecular weight is 178 g/mol. The number of carbonyl (C=O) groups is 3. The summed E-state index contributed by atoms with van der Waals surface area (Å²) in [6.07, 6.45) is -2.83. The summed E-state index contributed by atoms with van der Waals surface area (Å²) in [5.41, 5.74) is 0. The van der Waals surface area contributed by atoms with Gasteiger partial charge >= 0.3 is 17.8 Å². The minimum absolute atomic E-state index is 0.174. The van der Waals surface area contributed by atoms with Gasteiger partial charge in [-0.15, -0.1) is 0 Å². The molecule has 0 radical (unpaired) electrons. The molecule has 1 rings (SSSR count). The molecule has 0 aromatic heterocycles. The molecular formula is C5H4F2N2O3. The molecule has 4 amide bonds. The summed E-state index contributed by atoms with van der Waals surface area (Å²) in [6, 6.07) is -1.09. The minimum atomic E-state index is -2.83. The van der Waals surface area contributed by atoms with Crippen LogP contribution >= 0.6 is 0 Å². The molecule has 12 heavy (non-hydrogen) atoms. The highest BCUT2D eigenvalue weighted by Crippen LogP contribution is 2.04. The fourth-order valence-corrected chi connectivity index (χ4v) is 0.737. The first-order valence-electron chi connectivity index (χ1n) is 2.97. The Morgan fingerprint density at radius 3 is 2.25 bits per heavy atom. The van der Waals surface area contributed by atoms with Crippen molar-refractivity contribution in [1.82, 2.24) is 10.2 Å². The Kier molecular flexibility index (Phi) is 2.03. The molecule has 0 unspecified atom stereocenters. The first-order valence-corrected chi connectivity index (χ1v) is 2.97. The Labute approximate surface area is 65.3 Å². The third-order valence-electron chi connectivity index (χ3n) is 1.23. The Hall–Kier alpha value is -1.53. The van der Waals surface area contributed by atoms with Crippen molar-refractivity contribution in [2.75, 3.05) is 6.54 Å². The summed E-state index contributed by atoms with van der Waals surface area (Å²) in [7, 11) is 0. The molecule has 0 atom stereocenters. The second-order valence-corrected chi connectivity index (χ2v) is 2.07. The summed E-state index contributed by atoms with van der Waals surface area (Å²) >= 11 is 0. The number of hydrogen-bond donors (Lipinski definition) is 1. The normalized spacial score (nSPS) is 17.6. The lowest BCUT2D eigenvalue weighted by molar-refractivity contribution is -0.140. The van der Waals surface area contributed by atoms with Crippen molar-refractivity contribution in [3.8, 4) is 0 Å². The van der Waals surface area contributed by atoms with E-state index in [1.807, 2.05) is 0 Å². The highest BCUT2D eigenvalue weighted by molar-refractivity contribution is 6.44. The first-order chi connectivity index (χ1) is 5.52. The lowest BCUT2D eigenvalue weighted by Gasteiger charge is -2.08. The van der Waals surface area contributed by atoms with Crippen LogP contribution in [-0.4, -0.2) is 35.7 Å². The number of nitrogens with one attached hydrogen (secondary N) is 1. The second kappa shape index (κ2) is 2.84. The van der Waals surface area contributed by atoms with Crippen LogP contribution in [0.4, 0.5) is 13.6 Å². The van der Waals surface area contributed by atoms with Crippen molar-refractivity contribution in [1.29, 1.82) is 0 Å². The van der Waals surface area contributed by atoms with Gasteiger partial charge in [0, 0.05) is 0 Å². The van der Waals surface area contributed by atoms with Crippen molar-refractivity contribution in [2.45, 2.75) is 6.43 Å². The first kappa shape index (κ1) is 8.57. The van der Waals surface area contributed by atoms with Gasteiger partial charge in [0.2, 0.25) is 0 Å². The van der Waals surface area contributed by atoms with E-state index in [1.165, 1.54) is 0 Å². The van der Waals surface area contributed by atoms with Crippen molar-refractivity contribution >= 4 is 17.8 Å². The van der Waals surface area contributed by atoms with E-state index in [4.69, 9.17) is 0 Å². The Bertz CT molecular complexity index is 253. The van der Waals surface area contributed by atoms with Gasteiger partial charge < -0.3 is 0 Å². The summed E-state index contributed by atoms with van der Waals surface area (Å²) < 4.78 is 23.4. The molecule has 66 valence electrons. The van der Waals surface area contributed by atoms with Crippen LogP contribution in [0.25, 0.3) is 0 Å². The van der Waals surface area contributed by atoms with Crippen LogP contribution in [0.2, 0.25) is 0 Å². The van der Waals surface area contributed by atoms with Crippen LogP contribution < -0.4 is 5.32 Å². The van der Waals surface area contributed by atoms with Gasteiger partial charge in [-0.05, 0) is 0 Å². The van der Waals surface area contributed by atoms with E-state index in [1.54, 1.807) is 5.32 Å². The fourth-order valence-electron chi connectivity index (χ4n) is 0.737. The summed E-state index contributed by atoms with van der Waals surface area (Å²) in [6.45, 7) is -1.05. The maximum absolute atomic E-state index is 11.7. The highest BCUT2D eigenvalue weighted by Gasteiger charge is 2.38. The second-order valence-electron chi connectivity index (χ2n) is 2.07. The van der Waals surface area contributed by atoms with E-state index in [0.29, 0.717) is 0 Å². The van der Waals surface area contributed by atoms with E-state index < -0.39 is 30.8 Å². The zero-order valence-corrected chi connectivity index (χ0v) is 5.71. The smallest absolute Gasteiger partial charge is 0.269 e. The molecular weight excluding hydrogens is 174 g/mol. The van der Waals surface area contributed by atoms with Gasteiger partial charge in [-0.1, -0.05) is 0 Å². The SMILES string of the molecule is O=C1NC(=O)N(CC(F)F)C1=O. The lowest BCUT2D eigenvalue weighted by atomic mass is 10.5. The zero-order valence-electron chi connectivity index (χ0n) is 5.71. The van der Waals surface area contributed by atoms with Crippen molar-refractivity contribution in [3.63, 3.8) is 0 Å². The Morgan fingerprint density at radius 1 is 1.33 bits per heavy atom. The number of halogens is 2. The molecule has 0 bridgehead atoms. The van der Waals surface area contributed by atoms with Crippen LogP contribution in [0.5, 0.6) is 0 Å². The maximum atomic E-state index is 11.7. The van der Waals surface area contributed by atoms with Crippen LogP contribution in [0, 0.1) is 0 Å². The molecule has 1 saturated heterocycles. The van der Waals surface area contributed by atoms with Gasteiger partial charge in [0.25, 0.3) is 6.43 Å². The highest BCUT2D eigenvalue weighted by atomic mass is 19.3. The molecule has 1 aliphatic rings. The van der Waals surface area contributed by atoms with Gasteiger partial charge in [0.05, 0.1) is 6.54 Å². The topological polar surface area (TPSA) is 66.5 Å². The summed E-state index contributed by atoms with van der Waals surface area (Å²) in [5.74, 6) is -2.40. The number of urea groups is 1. The third-order valence-corrected chi connectivity index (χ3v) is 1.23. The molecule has 1 N–H and O–H groups in total. The standard InChI is InChI=1S/C5H4F2N2O3/c6-2(7)1-9-4(11)3(10)8-5(9)12/h2H,1H2,(H,8,10,12). The monoisotopic (exact) mass is 178 g/mol. The summed E-state index contributed by atoms with van der Waals surface area (Å²) in [5, 5.41) is 1.59. The minimum Gasteiger partial charge on any atom is -0.269 e. The van der Waals surface area contributed by atoms with Crippen LogP contribution in [0.3, 0.4) is 0 Å². The molecule has 0 aliphatic carbocycles. The Balaban J connectivity index is 2.70. The molecule has 0 saturated carbocycles. The molecule has 5 nitrogen and oxygen atoms in total. The van der Waals surface area contributed by atoms with Crippen molar-refractivity contribution < 1.29 is 23.2 Å². The van der Waals surface area contributed by atoms with Crippen LogP contribution in [0.15, 0.2) is 0 Å². The lowest BCUT2D eigenvalue weighted by Crippen LogP contribution is -2.35. The van der Waals surface area contributed by atoms with Gasteiger partial charge in [-0.3, -0.25) is 14.9 Å². The molecule has 7 heteroatoms. The van der Waals surface area contributed by atoms with Gasteiger partial charge in [-0.2, -0.15) is 0 Å². The largest absolute Gasteiger partial charge is 0.331 e. The van der Waals surface area contributed by atoms with Gasteiger partial charge in [0.1, 0.15) is 0 Å². The third kappa shape index (κ3) is 1.39. The molecule has 1 heterocycles. The Morgan fingerprint density at radius 2 is 1.92 bits per heavy atom. The molecule has 0 aromatic rings. The fraction of sp³-hybridized carbons (Fsp3) is 0.400. The number of rotatable bonds is 2. The predicted molar refractivity (Wildman–Crippen MR) is 31.3 cm³/mol. The van der Waals surface area contributed by atoms with Gasteiger partial charge in [-0.25, -0.2) is 18.5 Å². The number of hydrogen-bond acceptors (Lipinski definition) is 3. The zero-order chi connectivity index (χ0) is 9.30. The molecule has 0 aromatic carbocycles. The maximum Gasteiger partial charge on any atom is 0.331 e. The average Bonchev–Trinajstić information content (AvgIpc) is 2.16. The van der Waals surface area contributed by atoms with Crippen LogP contribution in [0.1, 0.15) is 0 Å². The number of alkyl halides is 2. The van der Waals surface area contributed by atoms with E-state index in [0.717, 1.165) is 0 Å². The number of imide groups is 2. The van der Waals surface area contributed by atoms with Crippen molar-refractivity contribution in [3.05, 3.63) is 0 Å². The number of carbonyl (C=O) groups excluding carboxylic acids is 3. The quantitative estimate of drug-likeness (QED) is 0.450. The van der Waals surface area contributed by atoms with E-state index in [9.17, 15) is 23.2 Å². The van der Waals surface area contributed by atoms with E-state index in [2.05, 4.69) is 0 Å². The number of amides is 4. The van der Waals surface area contributed by atoms with E-state index >= 15 is 0 Å². The number of nitrogens with zero attached hydrogens (tertiary/aromatic N) is 1.